The molecule has 7 nitrogen and oxygen atoms in total. The number of rotatable bonds is 9. The Kier molecular flexibility index (Phi) is 7.89. The summed E-state index contributed by atoms with van der Waals surface area (Å²) in [4.78, 5) is 40.1. The van der Waals surface area contributed by atoms with Gasteiger partial charge in [0.25, 0.3) is 11.8 Å². The normalized spacial score (nSPS) is 14.9. The van der Waals surface area contributed by atoms with Gasteiger partial charge < -0.3 is 20.0 Å². The average molecular weight is 526 g/mol. The molecule has 1 aliphatic rings. The summed E-state index contributed by atoms with van der Waals surface area (Å²) in [5.74, 6) is 0.620. The fourth-order valence-electron chi connectivity index (χ4n) is 4.32. The van der Waals surface area contributed by atoms with Gasteiger partial charge in [0, 0.05) is 12.1 Å². The topological polar surface area (TPSA) is 91.7 Å². The van der Waals surface area contributed by atoms with Crippen molar-refractivity contribution in [2.45, 2.75) is 18.3 Å². The minimum absolute atomic E-state index is 0.0527. The van der Waals surface area contributed by atoms with Crippen LogP contribution in [0.25, 0.3) is 0 Å². The summed E-state index contributed by atoms with van der Waals surface area (Å²) >= 11 is 1.55. The average Bonchev–Trinajstić information content (AvgIpc) is 3.60. The molecule has 0 spiro atoms. The van der Waals surface area contributed by atoms with Gasteiger partial charge in [-0.25, -0.2) is 0 Å². The molecule has 0 radical (unpaired) electrons. The summed E-state index contributed by atoms with van der Waals surface area (Å²) in [6.45, 7) is 0.890. The molecule has 2 heterocycles. The van der Waals surface area contributed by atoms with Crippen molar-refractivity contribution in [1.82, 2.24) is 10.2 Å². The molecule has 5 rings (SSSR count). The van der Waals surface area contributed by atoms with Gasteiger partial charge in [-0.1, -0.05) is 54.6 Å². The van der Waals surface area contributed by atoms with Gasteiger partial charge in [-0.3, -0.25) is 14.4 Å². The third-order valence-electron chi connectivity index (χ3n) is 6.29. The highest BCUT2D eigenvalue weighted by Crippen LogP contribution is 2.39. The van der Waals surface area contributed by atoms with E-state index in [0.29, 0.717) is 35.7 Å². The van der Waals surface area contributed by atoms with Gasteiger partial charge in [-0.05, 0) is 53.9 Å². The molecule has 0 saturated carbocycles. The zero-order chi connectivity index (χ0) is 26.3. The molecule has 192 valence electrons. The molecular weight excluding hydrogens is 498 g/mol. The minimum Gasteiger partial charge on any atom is -0.467 e. The first kappa shape index (κ1) is 25.4. The predicted octanol–water partition coefficient (Wildman–Crippen LogP) is 5.28. The standard InChI is InChI=1S/C30H27N3O4S/c34-27-20-38-30(33(27)19-24-9-6-18-37-24)23-14-12-22(13-15-23)28(35)32-26-11-5-4-10-25(26)29(36)31-17-16-21-7-2-1-3-8-21/h1-15,18,30H,16-17,19-20H2,(H,31,36)(H,32,35)/t30-/m0/s1. The number of carbonyl (C=O) groups excluding carboxylic acids is 3. The van der Waals surface area contributed by atoms with Gasteiger partial charge in [0.1, 0.15) is 11.1 Å². The Morgan fingerprint density at radius 2 is 1.66 bits per heavy atom. The van der Waals surface area contributed by atoms with E-state index in [2.05, 4.69) is 10.6 Å². The molecule has 1 saturated heterocycles. The first-order valence-corrected chi connectivity index (χ1v) is 13.4. The van der Waals surface area contributed by atoms with Gasteiger partial charge in [-0.2, -0.15) is 0 Å². The quantitative estimate of drug-likeness (QED) is 0.310. The Bertz CT molecular complexity index is 1410. The van der Waals surface area contributed by atoms with Crippen molar-refractivity contribution in [1.29, 1.82) is 0 Å². The first-order chi connectivity index (χ1) is 18.6. The molecule has 1 aliphatic heterocycles. The van der Waals surface area contributed by atoms with Gasteiger partial charge in [-0.15, -0.1) is 11.8 Å². The Morgan fingerprint density at radius 1 is 0.895 bits per heavy atom. The molecule has 0 aliphatic carbocycles. The number of para-hydroxylation sites is 1. The van der Waals surface area contributed by atoms with E-state index >= 15 is 0 Å². The lowest BCUT2D eigenvalue weighted by atomic mass is 10.1. The lowest BCUT2D eigenvalue weighted by molar-refractivity contribution is -0.128. The Morgan fingerprint density at radius 3 is 2.42 bits per heavy atom. The number of thioether (sulfide) groups is 1. The van der Waals surface area contributed by atoms with Crippen LogP contribution in [0.15, 0.2) is 102 Å². The number of carbonyl (C=O) groups is 3. The number of nitrogens with zero attached hydrogens (tertiary/aromatic N) is 1. The zero-order valence-corrected chi connectivity index (χ0v) is 21.4. The van der Waals surface area contributed by atoms with Gasteiger partial charge in [0.2, 0.25) is 5.91 Å². The minimum atomic E-state index is -0.316. The highest BCUT2D eigenvalue weighted by Gasteiger charge is 2.33. The van der Waals surface area contributed by atoms with Crippen LogP contribution >= 0.6 is 11.8 Å². The molecule has 0 bridgehead atoms. The Balaban J connectivity index is 1.22. The zero-order valence-electron chi connectivity index (χ0n) is 20.6. The molecule has 1 fully saturated rings. The fourth-order valence-corrected chi connectivity index (χ4v) is 5.50. The number of nitrogens with one attached hydrogen (secondary N) is 2. The Labute approximate surface area is 225 Å². The molecule has 4 aromatic rings. The van der Waals surface area contributed by atoms with E-state index in [0.717, 1.165) is 23.3 Å². The predicted molar refractivity (Wildman–Crippen MR) is 148 cm³/mol. The van der Waals surface area contributed by atoms with Crippen LogP contribution in [0.4, 0.5) is 5.69 Å². The molecule has 3 aromatic carbocycles. The van der Waals surface area contributed by atoms with Crippen molar-refractivity contribution in [3.8, 4) is 0 Å². The van der Waals surface area contributed by atoms with E-state index in [4.69, 9.17) is 4.42 Å². The van der Waals surface area contributed by atoms with Gasteiger partial charge in [0.15, 0.2) is 0 Å². The number of hydrogen-bond acceptors (Lipinski definition) is 5. The van der Waals surface area contributed by atoms with E-state index in [1.165, 1.54) is 0 Å². The summed E-state index contributed by atoms with van der Waals surface area (Å²) < 4.78 is 5.42. The second kappa shape index (κ2) is 11.8. The summed E-state index contributed by atoms with van der Waals surface area (Å²) in [6.07, 6.45) is 2.31. The van der Waals surface area contributed by atoms with Crippen LogP contribution in [0.3, 0.4) is 0 Å². The largest absolute Gasteiger partial charge is 0.467 e. The second-order valence-corrected chi connectivity index (χ2v) is 9.95. The number of anilines is 1. The lowest BCUT2D eigenvalue weighted by Crippen LogP contribution is -2.27. The molecule has 3 amide bonds. The van der Waals surface area contributed by atoms with E-state index in [1.807, 2.05) is 48.5 Å². The van der Waals surface area contributed by atoms with Crippen LogP contribution < -0.4 is 10.6 Å². The molecule has 8 heteroatoms. The third kappa shape index (κ3) is 5.98. The summed E-state index contributed by atoms with van der Waals surface area (Å²) in [5, 5.41) is 5.65. The van der Waals surface area contributed by atoms with Gasteiger partial charge in [0.05, 0.1) is 29.8 Å². The van der Waals surface area contributed by atoms with Crippen LogP contribution in [0, 0.1) is 0 Å². The van der Waals surface area contributed by atoms with E-state index in [-0.39, 0.29) is 23.1 Å². The lowest BCUT2D eigenvalue weighted by Gasteiger charge is -2.23. The number of amides is 3. The van der Waals surface area contributed by atoms with Crippen molar-refractivity contribution in [3.05, 3.63) is 125 Å². The maximum Gasteiger partial charge on any atom is 0.255 e. The number of furan rings is 1. The van der Waals surface area contributed by atoms with Crippen molar-refractivity contribution >= 4 is 35.2 Å². The molecular formula is C30H27N3O4S. The van der Waals surface area contributed by atoms with Crippen LogP contribution in [-0.4, -0.2) is 34.9 Å². The van der Waals surface area contributed by atoms with Crippen LogP contribution in [0.1, 0.15) is 43.0 Å². The molecule has 0 unspecified atom stereocenters. The maximum atomic E-state index is 13.0. The fraction of sp³-hybridized carbons (Fsp3) is 0.167. The van der Waals surface area contributed by atoms with E-state index < -0.39 is 0 Å². The van der Waals surface area contributed by atoms with Crippen LogP contribution in [0.2, 0.25) is 0 Å². The SMILES string of the molecule is O=C(Nc1ccccc1C(=O)NCCc1ccccc1)c1ccc([C@@H]2SCC(=O)N2Cc2ccco2)cc1. The van der Waals surface area contributed by atoms with Gasteiger partial charge >= 0.3 is 0 Å². The molecule has 2 N–H and O–H groups in total. The Hall–Kier alpha value is -4.30. The van der Waals surface area contributed by atoms with E-state index in [9.17, 15) is 14.4 Å². The molecule has 1 atom stereocenters. The number of hydrogen-bond donors (Lipinski definition) is 2. The number of benzene rings is 3. The van der Waals surface area contributed by atoms with Crippen LogP contribution in [-0.2, 0) is 17.8 Å². The van der Waals surface area contributed by atoms with Crippen LogP contribution in [0.5, 0.6) is 0 Å². The molecule has 38 heavy (non-hydrogen) atoms. The second-order valence-electron chi connectivity index (χ2n) is 8.88. The molecule has 1 aromatic heterocycles. The van der Waals surface area contributed by atoms with Crippen molar-refractivity contribution < 1.29 is 18.8 Å². The first-order valence-electron chi connectivity index (χ1n) is 12.3. The third-order valence-corrected chi connectivity index (χ3v) is 7.55. The highest BCUT2D eigenvalue weighted by atomic mass is 32.2. The van der Waals surface area contributed by atoms with Crippen molar-refractivity contribution in [3.63, 3.8) is 0 Å². The maximum absolute atomic E-state index is 13.0. The summed E-state index contributed by atoms with van der Waals surface area (Å²) in [5.41, 5.74) is 3.38. The summed E-state index contributed by atoms with van der Waals surface area (Å²) in [7, 11) is 0. The monoisotopic (exact) mass is 525 g/mol. The van der Waals surface area contributed by atoms with Crippen molar-refractivity contribution in [2.24, 2.45) is 0 Å². The van der Waals surface area contributed by atoms with Crippen molar-refractivity contribution in [2.75, 3.05) is 17.6 Å². The van der Waals surface area contributed by atoms with E-state index in [1.54, 1.807) is 65.4 Å². The summed E-state index contributed by atoms with van der Waals surface area (Å²) in [6, 6.07) is 27.7. The smallest absolute Gasteiger partial charge is 0.255 e. The highest BCUT2D eigenvalue weighted by molar-refractivity contribution is 8.00.